The number of benzene rings is 1. The molecule has 0 unspecified atom stereocenters. The summed E-state index contributed by atoms with van der Waals surface area (Å²) in [5, 5.41) is 13.9. The van der Waals surface area contributed by atoms with Crippen molar-refractivity contribution in [3.05, 3.63) is 46.5 Å². The Labute approximate surface area is 85.6 Å². The Morgan fingerprint density at radius 2 is 2.27 bits per heavy atom. The number of rotatable bonds is 2. The van der Waals surface area contributed by atoms with Gasteiger partial charge < -0.3 is 5.11 Å². The molecular weight excluding hydrogens is 192 g/mol. The second-order valence-corrected chi connectivity index (χ2v) is 3.03. The van der Waals surface area contributed by atoms with Gasteiger partial charge in [0.25, 0.3) is 0 Å². The first-order chi connectivity index (χ1) is 7.33. The molecular formula is C10H8N4O. The Balaban J connectivity index is 2.65. The minimum Gasteiger partial charge on any atom is -0.506 e. The molecule has 0 aliphatic heterocycles. The smallest absolute Gasteiger partial charge is 0.141 e. The van der Waals surface area contributed by atoms with Crippen LogP contribution in [0.1, 0.15) is 5.56 Å². The van der Waals surface area contributed by atoms with Gasteiger partial charge in [-0.15, -0.1) is 0 Å². The van der Waals surface area contributed by atoms with E-state index in [0.29, 0.717) is 5.52 Å². The molecule has 15 heavy (non-hydrogen) atoms. The number of aromatic hydroxyl groups is 1. The molecule has 0 fully saturated rings. The third kappa shape index (κ3) is 1.68. The molecule has 2 rings (SSSR count). The zero-order valence-electron chi connectivity index (χ0n) is 7.83. The standard InChI is InChI=1S/C10H8N4O/c11-14-13-6-7-3-4-9(15)10-8(7)2-1-5-12-10/h1-5,15H,6H2. The minimum absolute atomic E-state index is 0.135. The molecule has 5 nitrogen and oxygen atoms in total. The van der Waals surface area contributed by atoms with Crippen molar-refractivity contribution < 1.29 is 5.11 Å². The first-order valence-electron chi connectivity index (χ1n) is 4.39. The summed E-state index contributed by atoms with van der Waals surface area (Å²) in [4.78, 5) is 6.77. The monoisotopic (exact) mass is 200 g/mol. The second-order valence-electron chi connectivity index (χ2n) is 3.03. The largest absolute Gasteiger partial charge is 0.506 e. The Bertz CT molecular complexity index is 546. The van der Waals surface area contributed by atoms with E-state index in [1.807, 2.05) is 6.07 Å². The van der Waals surface area contributed by atoms with Crippen molar-refractivity contribution in [1.29, 1.82) is 0 Å². The third-order valence-corrected chi connectivity index (χ3v) is 2.14. The SMILES string of the molecule is [N-]=[N+]=NCc1ccc(O)c2ncccc12. The van der Waals surface area contributed by atoms with Crippen LogP contribution in [-0.2, 0) is 6.54 Å². The van der Waals surface area contributed by atoms with Crippen molar-refractivity contribution in [3.63, 3.8) is 0 Å². The lowest BCUT2D eigenvalue weighted by Gasteiger charge is -2.04. The van der Waals surface area contributed by atoms with Gasteiger partial charge in [-0.1, -0.05) is 17.2 Å². The molecule has 5 heteroatoms. The summed E-state index contributed by atoms with van der Waals surface area (Å²) in [5.41, 5.74) is 9.63. The van der Waals surface area contributed by atoms with Gasteiger partial charge in [0, 0.05) is 16.5 Å². The third-order valence-electron chi connectivity index (χ3n) is 2.14. The topological polar surface area (TPSA) is 81.9 Å². The fraction of sp³-hybridized carbons (Fsp3) is 0.100. The van der Waals surface area contributed by atoms with Crippen molar-refractivity contribution in [2.24, 2.45) is 5.11 Å². The number of azide groups is 1. The molecule has 1 aromatic heterocycles. The number of nitrogens with zero attached hydrogens (tertiary/aromatic N) is 4. The summed E-state index contributed by atoms with van der Waals surface area (Å²) in [6.07, 6.45) is 1.61. The number of hydrogen-bond acceptors (Lipinski definition) is 3. The Morgan fingerprint density at radius 3 is 3.07 bits per heavy atom. The van der Waals surface area contributed by atoms with Crippen LogP contribution in [0.2, 0.25) is 0 Å². The number of pyridine rings is 1. The molecule has 0 spiro atoms. The van der Waals surface area contributed by atoms with Crippen LogP contribution in [-0.4, -0.2) is 10.1 Å². The van der Waals surface area contributed by atoms with E-state index >= 15 is 0 Å². The molecule has 0 saturated carbocycles. The van der Waals surface area contributed by atoms with Crippen LogP contribution in [0.5, 0.6) is 5.75 Å². The van der Waals surface area contributed by atoms with Crippen molar-refractivity contribution in [3.8, 4) is 5.75 Å². The van der Waals surface area contributed by atoms with Gasteiger partial charge in [-0.3, -0.25) is 4.98 Å². The fourth-order valence-electron chi connectivity index (χ4n) is 1.46. The Hall–Kier alpha value is -2.26. The van der Waals surface area contributed by atoms with Crippen LogP contribution in [0.4, 0.5) is 0 Å². The molecule has 74 valence electrons. The number of phenolic OH excluding ortho intramolecular Hbond substituents is 1. The molecule has 0 radical (unpaired) electrons. The lowest BCUT2D eigenvalue weighted by atomic mass is 10.1. The zero-order chi connectivity index (χ0) is 10.7. The van der Waals surface area contributed by atoms with Gasteiger partial charge in [0.05, 0.1) is 6.54 Å². The normalized spacial score (nSPS) is 9.87. The average Bonchev–Trinajstić information content (AvgIpc) is 2.29. The molecule has 1 aromatic carbocycles. The van der Waals surface area contributed by atoms with Crippen molar-refractivity contribution in [1.82, 2.24) is 4.98 Å². The molecule has 0 aliphatic rings. The van der Waals surface area contributed by atoms with Gasteiger partial charge in [0.1, 0.15) is 11.3 Å². The Kier molecular flexibility index (Phi) is 2.39. The van der Waals surface area contributed by atoms with Crippen LogP contribution >= 0.6 is 0 Å². The predicted octanol–water partition coefficient (Wildman–Crippen LogP) is 2.75. The maximum Gasteiger partial charge on any atom is 0.141 e. The summed E-state index contributed by atoms with van der Waals surface area (Å²) < 4.78 is 0. The quantitative estimate of drug-likeness (QED) is 0.459. The van der Waals surface area contributed by atoms with Crippen molar-refractivity contribution in [2.75, 3.05) is 0 Å². The summed E-state index contributed by atoms with van der Waals surface area (Å²) in [5.74, 6) is 0.135. The van der Waals surface area contributed by atoms with E-state index in [-0.39, 0.29) is 12.3 Å². The van der Waals surface area contributed by atoms with E-state index in [0.717, 1.165) is 10.9 Å². The molecule has 0 amide bonds. The fourth-order valence-corrected chi connectivity index (χ4v) is 1.46. The van der Waals surface area contributed by atoms with Crippen LogP contribution in [0, 0.1) is 0 Å². The number of fused-ring (bicyclic) bond motifs is 1. The van der Waals surface area contributed by atoms with Crippen LogP contribution in [0.15, 0.2) is 35.6 Å². The van der Waals surface area contributed by atoms with Crippen molar-refractivity contribution in [2.45, 2.75) is 6.54 Å². The highest BCUT2D eigenvalue weighted by molar-refractivity contribution is 5.87. The molecule has 0 bridgehead atoms. The molecule has 0 atom stereocenters. The number of phenols is 1. The Morgan fingerprint density at radius 1 is 1.40 bits per heavy atom. The summed E-state index contributed by atoms with van der Waals surface area (Å²) in [6.45, 7) is 0.263. The van der Waals surface area contributed by atoms with E-state index in [4.69, 9.17) is 5.53 Å². The summed E-state index contributed by atoms with van der Waals surface area (Å²) >= 11 is 0. The van der Waals surface area contributed by atoms with Gasteiger partial charge in [0.2, 0.25) is 0 Å². The van der Waals surface area contributed by atoms with E-state index < -0.39 is 0 Å². The molecule has 1 N–H and O–H groups in total. The lowest BCUT2D eigenvalue weighted by Crippen LogP contribution is -1.86. The highest BCUT2D eigenvalue weighted by Gasteiger charge is 2.04. The number of aromatic nitrogens is 1. The van der Waals surface area contributed by atoms with Crippen LogP contribution in [0.25, 0.3) is 21.3 Å². The minimum atomic E-state index is 0.135. The molecule has 0 aliphatic carbocycles. The lowest BCUT2D eigenvalue weighted by molar-refractivity contribution is 0.480. The summed E-state index contributed by atoms with van der Waals surface area (Å²) in [7, 11) is 0. The summed E-state index contributed by atoms with van der Waals surface area (Å²) in [6, 6.07) is 6.90. The van der Waals surface area contributed by atoms with Gasteiger partial charge >= 0.3 is 0 Å². The van der Waals surface area contributed by atoms with Crippen LogP contribution in [0.3, 0.4) is 0 Å². The van der Waals surface area contributed by atoms with Crippen molar-refractivity contribution >= 4 is 10.9 Å². The highest BCUT2D eigenvalue weighted by Crippen LogP contribution is 2.25. The second kappa shape index (κ2) is 3.86. The zero-order valence-corrected chi connectivity index (χ0v) is 7.83. The molecule has 1 heterocycles. The van der Waals surface area contributed by atoms with Gasteiger partial charge in [0.15, 0.2) is 0 Å². The maximum atomic E-state index is 9.56. The van der Waals surface area contributed by atoms with E-state index in [2.05, 4.69) is 15.0 Å². The number of hydrogen-bond donors (Lipinski definition) is 1. The highest BCUT2D eigenvalue weighted by atomic mass is 16.3. The molecule has 0 saturated heterocycles. The first kappa shape index (κ1) is 9.30. The average molecular weight is 200 g/mol. The molecule has 2 aromatic rings. The predicted molar refractivity (Wildman–Crippen MR) is 56.3 cm³/mol. The van der Waals surface area contributed by atoms with Crippen LogP contribution < -0.4 is 0 Å². The van der Waals surface area contributed by atoms with E-state index in [9.17, 15) is 5.11 Å². The van der Waals surface area contributed by atoms with Gasteiger partial charge in [-0.05, 0) is 23.2 Å². The van der Waals surface area contributed by atoms with Gasteiger partial charge in [-0.2, -0.15) is 0 Å². The first-order valence-corrected chi connectivity index (χ1v) is 4.39. The van der Waals surface area contributed by atoms with E-state index in [1.165, 1.54) is 0 Å². The van der Waals surface area contributed by atoms with E-state index in [1.54, 1.807) is 24.4 Å². The van der Waals surface area contributed by atoms with Gasteiger partial charge in [-0.25, -0.2) is 0 Å². The maximum absolute atomic E-state index is 9.56.